The second-order valence-electron chi connectivity index (χ2n) is 7.87. The van der Waals surface area contributed by atoms with Gasteiger partial charge in [0.05, 0.1) is 19.6 Å². The van der Waals surface area contributed by atoms with Crippen molar-refractivity contribution >= 4 is 35.0 Å². The van der Waals surface area contributed by atoms with Gasteiger partial charge in [-0.1, -0.05) is 47.5 Å². The second-order valence-corrected chi connectivity index (χ2v) is 8.75. The van der Waals surface area contributed by atoms with Crippen LogP contribution >= 0.6 is 23.2 Å². The van der Waals surface area contributed by atoms with Crippen LogP contribution in [0.4, 0.5) is 0 Å². The molecule has 3 rings (SSSR count). The Kier molecular flexibility index (Phi) is 9.36. The predicted molar refractivity (Wildman–Crippen MR) is 127 cm³/mol. The first-order valence-electron chi connectivity index (χ1n) is 10.8. The minimum atomic E-state index is -0.616. The first-order chi connectivity index (χ1) is 15.4. The second kappa shape index (κ2) is 12.2. The molecule has 0 saturated carbocycles. The molecule has 0 bridgehead atoms. The van der Waals surface area contributed by atoms with Crippen molar-refractivity contribution in [2.45, 2.75) is 25.9 Å². The largest absolute Gasteiger partial charge is 0.379 e. The van der Waals surface area contributed by atoms with E-state index >= 15 is 0 Å². The van der Waals surface area contributed by atoms with E-state index in [4.69, 9.17) is 27.9 Å². The molecule has 2 aromatic carbocycles. The topological polar surface area (TPSA) is 61.9 Å². The summed E-state index contributed by atoms with van der Waals surface area (Å²) >= 11 is 12.0. The first kappa shape index (κ1) is 24.5. The number of ether oxygens (including phenoxy) is 1. The zero-order valence-corrected chi connectivity index (χ0v) is 19.7. The first-order valence-corrected chi connectivity index (χ1v) is 11.5. The van der Waals surface area contributed by atoms with Crippen LogP contribution in [0.2, 0.25) is 10.0 Å². The van der Waals surface area contributed by atoms with E-state index < -0.39 is 6.04 Å². The van der Waals surface area contributed by atoms with Gasteiger partial charge in [0, 0.05) is 42.8 Å². The van der Waals surface area contributed by atoms with Crippen LogP contribution in [-0.4, -0.2) is 67.0 Å². The molecular weight excluding hydrogens is 449 g/mol. The van der Waals surface area contributed by atoms with Gasteiger partial charge in [-0.05, 0) is 42.3 Å². The van der Waals surface area contributed by atoms with Crippen molar-refractivity contribution in [1.29, 1.82) is 0 Å². The van der Waals surface area contributed by atoms with Gasteiger partial charge in [0.2, 0.25) is 11.8 Å². The number of morpholine rings is 1. The van der Waals surface area contributed by atoms with Crippen LogP contribution in [-0.2, 0) is 27.3 Å². The normalized spacial score (nSPS) is 15.2. The standard InChI is InChI=1S/C24H29Cl2N3O3/c1-18(24(31)27-10-11-28-12-14-32-15-13-28)29(17-20-4-8-22(26)9-5-20)23(30)16-19-2-6-21(25)7-3-19/h2-9,18H,10-17H2,1H3,(H,27,31)/t18-/m1/s1. The summed E-state index contributed by atoms with van der Waals surface area (Å²) in [5.41, 5.74) is 1.76. The van der Waals surface area contributed by atoms with Crippen LogP contribution < -0.4 is 5.32 Å². The molecule has 0 aliphatic carbocycles. The van der Waals surface area contributed by atoms with Crippen LogP contribution in [0.15, 0.2) is 48.5 Å². The Balaban J connectivity index is 1.65. The summed E-state index contributed by atoms with van der Waals surface area (Å²) in [6, 6.07) is 13.9. The third-order valence-electron chi connectivity index (χ3n) is 5.53. The van der Waals surface area contributed by atoms with Crippen LogP contribution in [0, 0.1) is 0 Å². The molecule has 0 aromatic heterocycles. The molecule has 0 spiro atoms. The molecule has 0 unspecified atom stereocenters. The Bertz CT molecular complexity index is 884. The fourth-order valence-corrected chi connectivity index (χ4v) is 3.81. The Hall–Kier alpha value is -2.12. The highest BCUT2D eigenvalue weighted by Gasteiger charge is 2.26. The molecule has 32 heavy (non-hydrogen) atoms. The summed E-state index contributed by atoms with van der Waals surface area (Å²) in [6.07, 6.45) is 0.191. The third kappa shape index (κ3) is 7.48. The Labute approximate surface area is 199 Å². The predicted octanol–water partition coefficient (Wildman–Crippen LogP) is 3.40. The molecule has 6 nitrogen and oxygen atoms in total. The Morgan fingerprint density at radius 3 is 2.16 bits per heavy atom. The van der Waals surface area contributed by atoms with Gasteiger partial charge < -0.3 is 15.0 Å². The number of hydrogen-bond donors (Lipinski definition) is 1. The summed E-state index contributed by atoms with van der Waals surface area (Å²) in [5, 5.41) is 4.22. The maximum atomic E-state index is 13.2. The van der Waals surface area contributed by atoms with Crippen LogP contribution in [0.25, 0.3) is 0 Å². The van der Waals surface area contributed by atoms with Gasteiger partial charge in [-0.2, -0.15) is 0 Å². The highest BCUT2D eigenvalue weighted by Crippen LogP contribution is 2.16. The number of amides is 2. The lowest BCUT2D eigenvalue weighted by Crippen LogP contribution is -2.49. The summed E-state index contributed by atoms with van der Waals surface area (Å²) < 4.78 is 5.35. The van der Waals surface area contributed by atoms with E-state index in [1.807, 2.05) is 24.3 Å². The van der Waals surface area contributed by atoms with E-state index in [0.29, 0.717) is 23.1 Å². The monoisotopic (exact) mass is 477 g/mol. The van der Waals surface area contributed by atoms with Crippen molar-refractivity contribution in [3.63, 3.8) is 0 Å². The molecule has 2 amide bonds. The highest BCUT2D eigenvalue weighted by atomic mass is 35.5. The minimum absolute atomic E-state index is 0.127. The van der Waals surface area contributed by atoms with Gasteiger partial charge in [0.15, 0.2) is 0 Å². The highest BCUT2D eigenvalue weighted by molar-refractivity contribution is 6.30. The van der Waals surface area contributed by atoms with Crippen LogP contribution in [0.1, 0.15) is 18.1 Å². The summed E-state index contributed by atoms with van der Waals surface area (Å²) in [4.78, 5) is 30.0. The molecule has 1 saturated heterocycles. The van der Waals surface area contributed by atoms with E-state index in [-0.39, 0.29) is 18.2 Å². The number of carbonyl (C=O) groups excluding carboxylic acids is 2. The summed E-state index contributed by atoms with van der Waals surface area (Å²) in [5.74, 6) is -0.296. The molecule has 1 aliphatic rings. The molecule has 172 valence electrons. The number of rotatable bonds is 9. The van der Waals surface area contributed by atoms with E-state index in [2.05, 4.69) is 10.2 Å². The lowest BCUT2D eigenvalue weighted by Gasteiger charge is -2.30. The number of nitrogens with one attached hydrogen (secondary N) is 1. The Morgan fingerprint density at radius 1 is 1.00 bits per heavy atom. The molecule has 1 aliphatic heterocycles. The van der Waals surface area contributed by atoms with Crippen LogP contribution in [0.5, 0.6) is 0 Å². The summed E-state index contributed by atoms with van der Waals surface area (Å²) in [7, 11) is 0. The molecular formula is C24H29Cl2N3O3. The van der Waals surface area contributed by atoms with Crippen molar-refractivity contribution in [3.05, 3.63) is 69.7 Å². The Morgan fingerprint density at radius 2 is 1.56 bits per heavy atom. The van der Waals surface area contributed by atoms with Crippen molar-refractivity contribution in [2.75, 3.05) is 39.4 Å². The number of nitrogens with zero attached hydrogens (tertiary/aromatic N) is 2. The molecule has 0 radical (unpaired) electrons. The quantitative estimate of drug-likeness (QED) is 0.600. The van der Waals surface area contributed by atoms with E-state index in [1.165, 1.54) is 0 Å². The molecule has 1 heterocycles. The maximum Gasteiger partial charge on any atom is 0.242 e. The zero-order chi connectivity index (χ0) is 22.9. The SMILES string of the molecule is C[C@H](C(=O)NCCN1CCOCC1)N(Cc1ccc(Cl)cc1)C(=O)Cc1ccc(Cl)cc1. The van der Waals surface area contributed by atoms with Crippen molar-refractivity contribution < 1.29 is 14.3 Å². The molecule has 2 aromatic rings. The fourth-order valence-electron chi connectivity index (χ4n) is 3.56. The lowest BCUT2D eigenvalue weighted by atomic mass is 10.1. The maximum absolute atomic E-state index is 13.2. The molecule has 8 heteroatoms. The zero-order valence-electron chi connectivity index (χ0n) is 18.2. The van der Waals surface area contributed by atoms with Gasteiger partial charge in [-0.25, -0.2) is 0 Å². The number of carbonyl (C=O) groups is 2. The molecule has 1 N–H and O–H groups in total. The van der Waals surface area contributed by atoms with Gasteiger partial charge in [0.1, 0.15) is 6.04 Å². The summed E-state index contributed by atoms with van der Waals surface area (Å²) in [6.45, 7) is 6.56. The van der Waals surface area contributed by atoms with Crippen LogP contribution in [0.3, 0.4) is 0 Å². The van der Waals surface area contributed by atoms with E-state index in [1.54, 1.807) is 36.1 Å². The molecule has 1 atom stereocenters. The number of hydrogen-bond acceptors (Lipinski definition) is 4. The fraction of sp³-hybridized carbons (Fsp3) is 0.417. The minimum Gasteiger partial charge on any atom is -0.379 e. The third-order valence-corrected chi connectivity index (χ3v) is 6.04. The lowest BCUT2D eigenvalue weighted by molar-refractivity contribution is -0.140. The van der Waals surface area contributed by atoms with Gasteiger partial charge in [-0.3, -0.25) is 14.5 Å². The van der Waals surface area contributed by atoms with Gasteiger partial charge in [-0.15, -0.1) is 0 Å². The smallest absolute Gasteiger partial charge is 0.242 e. The average Bonchev–Trinajstić information content (AvgIpc) is 2.80. The van der Waals surface area contributed by atoms with Crippen molar-refractivity contribution in [2.24, 2.45) is 0 Å². The number of benzene rings is 2. The molecule has 1 fully saturated rings. The van der Waals surface area contributed by atoms with Gasteiger partial charge >= 0.3 is 0 Å². The van der Waals surface area contributed by atoms with E-state index in [9.17, 15) is 9.59 Å². The average molecular weight is 478 g/mol. The van der Waals surface area contributed by atoms with Crippen molar-refractivity contribution in [3.8, 4) is 0 Å². The van der Waals surface area contributed by atoms with E-state index in [0.717, 1.165) is 44.0 Å². The van der Waals surface area contributed by atoms with Gasteiger partial charge in [0.25, 0.3) is 0 Å². The van der Waals surface area contributed by atoms with Crippen molar-refractivity contribution in [1.82, 2.24) is 15.1 Å². The number of halogens is 2.